The van der Waals surface area contributed by atoms with Gasteiger partial charge in [-0.25, -0.2) is 9.69 Å². The molecule has 30 heavy (non-hydrogen) atoms. The van der Waals surface area contributed by atoms with Crippen molar-refractivity contribution in [1.29, 1.82) is 5.26 Å². The second-order valence-corrected chi connectivity index (χ2v) is 6.91. The van der Waals surface area contributed by atoms with Gasteiger partial charge in [-0.3, -0.25) is 9.59 Å². The van der Waals surface area contributed by atoms with Crippen LogP contribution in [0.2, 0.25) is 5.02 Å². The van der Waals surface area contributed by atoms with Crippen molar-refractivity contribution in [3.63, 3.8) is 0 Å². The Kier molecular flexibility index (Phi) is 5.05. The van der Waals surface area contributed by atoms with Crippen molar-refractivity contribution in [3.8, 4) is 6.07 Å². The van der Waals surface area contributed by atoms with Crippen LogP contribution >= 0.6 is 11.6 Å². The van der Waals surface area contributed by atoms with Crippen molar-refractivity contribution in [1.82, 2.24) is 0 Å². The first-order valence-corrected chi connectivity index (χ1v) is 9.31. The largest absolute Gasteiger partial charge is 0.457 e. The second kappa shape index (κ2) is 7.82. The molecule has 4 rings (SSSR count). The third-order valence-electron chi connectivity index (χ3n) is 4.71. The van der Waals surface area contributed by atoms with E-state index in [1.165, 1.54) is 18.2 Å². The molecule has 0 fully saturated rings. The first-order chi connectivity index (χ1) is 14.5. The number of carbonyl (C=O) groups excluding carboxylic acids is 3. The molecule has 0 unspecified atom stereocenters. The predicted molar refractivity (Wildman–Crippen MR) is 109 cm³/mol. The van der Waals surface area contributed by atoms with Crippen LogP contribution in [0.25, 0.3) is 0 Å². The van der Waals surface area contributed by atoms with E-state index in [0.717, 1.165) is 4.90 Å². The van der Waals surface area contributed by atoms with E-state index in [1.807, 2.05) is 6.07 Å². The second-order valence-electron chi connectivity index (χ2n) is 6.50. The molecule has 0 saturated heterocycles. The van der Waals surface area contributed by atoms with E-state index in [1.54, 1.807) is 48.5 Å². The number of nitriles is 1. The van der Waals surface area contributed by atoms with Crippen LogP contribution in [-0.2, 0) is 11.3 Å². The molecule has 7 heteroatoms. The Bertz CT molecular complexity index is 1250. The van der Waals surface area contributed by atoms with E-state index in [-0.39, 0.29) is 34.0 Å². The molecule has 3 aromatic rings. The van der Waals surface area contributed by atoms with Gasteiger partial charge < -0.3 is 4.74 Å². The number of rotatable bonds is 4. The van der Waals surface area contributed by atoms with Crippen LogP contribution in [0.15, 0.2) is 66.7 Å². The van der Waals surface area contributed by atoms with Crippen molar-refractivity contribution < 1.29 is 19.1 Å². The molecule has 3 aromatic carbocycles. The summed E-state index contributed by atoms with van der Waals surface area (Å²) >= 11 is 6.14. The van der Waals surface area contributed by atoms with E-state index >= 15 is 0 Å². The summed E-state index contributed by atoms with van der Waals surface area (Å²) in [5.41, 5.74) is 1.69. The van der Waals surface area contributed by atoms with Crippen LogP contribution in [0.3, 0.4) is 0 Å². The Morgan fingerprint density at radius 1 is 0.967 bits per heavy atom. The number of nitrogens with zero attached hydrogens (tertiary/aromatic N) is 2. The van der Waals surface area contributed by atoms with E-state index < -0.39 is 17.8 Å². The van der Waals surface area contributed by atoms with Crippen molar-refractivity contribution in [2.24, 2.45) is 0 Å². The standard InChI is InChI=1S/C23H13ClN2O4/c24-19-7-3-4-8-20(19)26-21(27)17-10-9-14(11-18(17)22(26)28)23(29)30-13-16-6-2-1-5-15(16)12-25/h1-11H,13H2. The van der Waals surface area contributed by atoms with Gasteiger partial charge >= 0.3 is 5.97 Å². The lowest BCUT2D eigenvalue weighted by atomic mass is 10.1. The molecular formula is C23H13ClN2O4. The lowest BCUT2D eigenvalue weighted by Gasteiger charge is -2.15. The molecule has 0 spiro atoms. The van der Waals surface area contributed by atoms with Crippen LogP contribution in [0, 0.1) is 11.3 Å². The van der Waals surface area contributed by atoms with Gasteiger partial charge in [0.15, 0.2) is 0 Å². The smallest absolute Gasteiger partial charge is 0.338 e. The molecule has 6 nitrogen and oxygen atoms in total. The molecule has 1 heterocycles. The summed E-state index contributed by atoms with van der Waals surface area (Å²) in [5.74, 6) is -1.74. The number of amides is 2. The summed E-state index contributed by atoms with van der Waals surface area (Å²) in [4.78, 5) is 39.0. The minimum Gasteiger partial charge on any atom is -0.457 e. The van der Waals surface area contributed by atoms with Gasteiger partial charge in [-0.15, -0.1) is 0 Å². The summed E-state index contributed by atoms with van der Waals surface area (Å²) in [6.07, 6.45) is 0. The highest BCUT2D eigenvalue weighted by atomic mass is 35.5. The summed E-state index contributed by atoms with van der Waals surface area (Å²) in [5, 5.41) is 9.39. The van der Waals surface area contributed by atoms with Gasteiger partial charge in [0.25, 0.3) is 11.8 Å². The number of fused-ring (bicyclic) bond motifs is 1. The van der Waals surface area contributed by atoms with Crippen LogP contribution in [-0.4, -0.2) is 17.8 Å². The van der Waals surface area contributed by atoms with Crippen molar-refractivity contribution >= 4 is 35.1 Å². The van der Waals surface area contributed by atoms with Gasteiger partial charge in [0.1, 0.15) is 6.61 Å². The summed E-state index contributed by atoms with van der Waals surface area (Å²) < 4.78 is 5.29. The fourth-order valence-electron chi connectivity index (χ4n) is 3.20. The molecule has 0 saturated carbocycles. The number of benzene rings is 3. The van der Waals surface area contributed by atoms with Crippen molar-refractivity contribution in [3.05, 3.63) is 99.6 Å². The Morgan fingerprint density at radius 2 is 1.67 bits per heavy atom. The molecule has 1 aliphatic heterocycles. The molecule has 0 radical (unpaired) electrons. The minimum atomic E-state index is -0.665. The highest BCUT2D eigenvalue weighted by Gasteiger charge is 2.38. The maximum absolute atomic E-state index is 12.9. The highest BCUT2D eigenvalue weighted by Crippen LogP contribution is 2.33. The lowest BCUT2D eigenvalue weighted by molar-refractivity contribution is 0.0472. The van der Waals surface area contributed by atoms with E-state index in [2.05, 4.69) is 0 Å². The van der Waals surface area contributed by atoms with Gasteiger partial charge in [-0.1, -0.05) is 41.9 Å². The minimum absolute atomic E-state index is 0.0850. The Hall–Kier alpha value is -3.95. The van der Waals surface area contributed by atoms with E-state index in [0.29, 0.717) is 11.1 Å². The third kappa shape index (κ3) is 3.32. The quantitative estimate of drug-likeness (QED) is 0.465. The zero-order valence-electron chi connectivity index (χ0n) is 15.5. The highest BCUT2D eigenvalue weighted by molar-refractivity contribution is 6.39. The average molecular weight is 417 g/mol. The van der Waals surface area contributed by atoms with E-state index in [4.69, 9.17) is 21.6 Å². The number of para-hydroxylation sites is 1. The number of carbonyl (C=O) groups is 3. The number of hydrogen-bond acceptors (Lipinski definition) is 5. The van der Waals surface area contributed by atoms with Crippen LogP contribution in [0.5, 0.6) is 0 Å². The number of ether oxygens (including phenoxy) is 1. The first-order valence-electron chi connectivity index (χ1n) is 8.93. The molecule has 0 atom stereocenters. The van der Waals surface area contributed by atoms with Gasteiger partial charge in [0.05, 0.1) is 39.0 Å². The maximum Gasteiger partial charge on any atom is 0.338 e. The zero-order valence-corrected chi connectivity index (χ0v) is 16.2. The number of imide groups is 1. The monoisotopic (exact) mass is 416 g/mol. The fraction of sp³-hybridized carbons (Fsp3) is 0.0435. The van der Waals surface area contributed by atoms with Gasteiger partial charge in [0, 0.05) is 5.56 Å². The van der Waals surface area contributed by atoms with E-state index in [9.17, 15) is 14.4 Å². The SMILES string of the molecule is N#Cc1ccccc1COC(=O)c1ccc2c(c1)C(=O)N(c1ccccc1Cl)C2=O. The molecule has 0 N–H and O–H groups in total. The predicted octanol–water partition coefficient (Wildman–Crippen LogP) is 4.37. The number of anilines is 1. The van der Waals surface area contributed by atoms with Gasteiger partial charge in [0.2, 0.25) is 0 Å². The number of esters is 1. The Balaban J connectivity index is 1.58. The summed E-state index contributed by atoms with van der Waals surface area (Å²) in [6.45, 7) is -0.0850. The zero-order chi connectivity index (χ0) is 21.3. The molecule has 1 aliphatic rings. The molecule has 0 aliphatic carbocycles. The molecular weight excluding hydrogens is 404 g/mol. The number of halogens is 1. The van der Waals surface area contributed by atoms with Gasteiger partial charge in [-0.05, 0) is 36.4 Å². The summed E-state index contributed by atoms with van der Waals surface area (Å²) in [6, 6.07) is 19.5. The number of hydrogen-bond donors (Lipinski definition) is 0. The normalized spacial score (nSPS) is 12.5. The molecule has 0 bridgehead atoms. The third-order valence-corrected chi connectivity index (χ3v) is 5.03. The molecule has 0 aromatic heterocycles. The van der Waals surface area contributed by atoms with Crippen LogP contribution in [0.1, 0.15) is 42.2 Å². The Morgan fingerprint density at radius 3 is 2.43 bits per heavy atom. The van der Waals surface area contributed by atoms with Crippen LogP contribution in [0.4, 0.5) is 5.69 Å². The van der Waals surface area contributed by atoms with Gasteiger partial charge in [-0.2, -0.15) is 5.26 Å². The molecule has 146 valence electrons. The molecule has 2 amide bonds. The lowest BCUT2D eigenvalue weighted by Crippen LogP contribution is -2.29. The Labute approximate surface area is 176 Å². The fourth-order valence-corrected chi connectivity index (χ4v) is 3.42. The summed E-state index contributed by atoms with van der Waals surface area (Å²) in [7, 11) is 0. The van der Waals surface area contributed by atoms with Crippen LogP contribution < -0.4 is 4.90 Å². The van der Waals surface area contributed by atoms with Crippen molar-refractivity contribution in [2.75, 3.05) is 4.90 Å². The average Bonchev–Trinajstić information content (AvgIpc) is 3.02. The maximum atomic E-state index is 12.9. The van der Waals surface area contributed by atoms with Crippen molar-refractivity contribution in [2.45, 2.75) is 6.61 Å². The first kappa shape index (κ1) is 19.4. The topological polar surface area (TPSA) is 87.5 Å².